The van der Waals surface area contributed by atoms with Gasteiger partial charge in [-0.3, -0.25) is 5.43 Å². The number of halogens is 2. The summed E-state index contributed by atoms with van der Waals surface area (Å²) in [7, 11) is 0. The molecule has 0 spiro atoms. The largest absolute Gasteiger partial charge is 0.350 e. The zero-order valence-corrected chi connectivity index (χ0v) is 19.3. The van der Waals surface area contributed by atoms with Crippen LogP contribution in [0.3, 0.4) is 0 Å². The normalized spacial score (nSPS) is 30.3. The number of hydrazine groups is 1. The molecule has 4 fully saturated rings. The second-order valence-electron chi connectivity index (χ2n) is 8.58. The maximum atomic E-state index is 12.1. The van der Waals surface area contributed by atoms with E-state index in [9.17, 15) is 4.79 Å². The minimum Gasteiger partial charge on any atom is -0.262 e. The van der Waals surface area contributed by atoms with E-state index in [0.717, 1.165) is 35.4 Å². The van der Waals surface area contributed by atoms with E-state index < -0.39 is 6.03 Å². The molecule has 4 aliphatic rings. The van der Waals surface area contributed by atoms with Crippen LogP contribution in [0.15, 0.2) is 23.3 Å². The van der Waals surface area contributed by atoms with Gasteiger partial charge < -0.3 is 0 Å². The minimum absolute atomic E-state index is 0.192. The monoisotopic (exact) mass is 470 g/mol. The molecule has 5 nitrogen and oxygen atoms in total. The second-order valence-corrected chi connectivity index (χ2v) is 10.9. The fourth-order valence-corrected chi connectivity index (χ4v) is 7.11. The highest BCUT2D eigenvalue weighted by molar-refractivity contribution is 8.22. The standard InChI is InChI=1S/C20H24Cl2N4OS2/c1-11(20-8-12-4-13(9-20)6-14(5-12)10-20)23-24-19(27)25-26-29-18(28)16-3-2-15(21)7-17(16)22/h2-3,7,12-14,26H,4-6,8-10H2,1H3,(H2,24,25,27)/b23-11+. The SMILES string of the molecule is C/C(=N\NC(=O)NNSC(=S)c1ccc(Cl)cc1Cl)C12CC3CC(CC(C3)C1)C2. The number of urea groups is 1. The quantitative estimate of drug-likeness (QED) is 0.223. The van der Waals surface area contributed by atoms with Gasteiger partial charge in [0.2, 0.25) is 0 Å². The van der Waals surface area contributed by atoms with E-state index in [1.165, 1.54) is 38.5 Å². The van der Waals surface area contributed by atoms with Gasteiger partial charge in [-0.15, -0.1) is 0 Å². The molecule has 0 atom stereocenters. The van der Waals surface area contributed by atoms with Crippen molar-refractivity contribution in [2.45, 2.75) is 45.4 Å². The van der Waals surface area contributed by atoms with Gasteiger partial charge in [-0.1, -0.05) is 35.4 Å². The van der Waals surface area contributed by atoms with Crippen molar-refractivity contribution < 1.29 is 4.79 Å². The third kappa shape index (κ3) is 4.74. The second kappa shape index (κ2) is 8.71. The van der Waals surface area contributed by atoms with Crippen molar-refractivity contribution in [2.24, 2.45) is 28.3 Å². The molecule has 1 aromatic rings. The molecule has 0 radical (unpaired) electrons. The fraction of sp³-hybridized carbons (Fsp3) is 0.550. The number of carbonyl (C=O) groups is 1. The Balaban J connectivity index is 1.26. The Labute approximate surface area is 190 Å². The summed E-state index contributed by atoms with van der Waals surface area (Å²) in [5, 5.41) is 5.45. The van der Waals surface area contributed by atoms with E-state index in [-0.39, 0.29) is 5.41 Å². The summed E-state index contributed by atoms with van der Waals surface area (Å²) < 4.78 is 0.500. The number of nitrogens with one attached hydrogen (secondary N) is 3. The third-order valence-electron chi connectivity index (χ3n) is 6.59. The van der Waals surface area contributed by atoms with E-state index in [1.807, 2.05) is 0 Å². The lowest BCUT2D eigenvalue weighted by Crippen LogP contribution is -2.50. The zero-order valence-electron chi connectivity index (χ0n) is 16.1. The highest BCUT2D eigenvalue weighted by Gasteiger charge is 2.52. The molecular formula is C20H24Cl2N4OS2. The van der Waals surface area contributed by atoms with Gasteiger partial charge >= 0.3 is 6.03 Å². The lowest BCUT2D eigenvalue weighted by atomic mass is 9.48. The molecule has 9 heteroatoms. The third-order valence-corrected chi connectivity index (χ3v) is 8.22. The molecule has 4 aliphatic carbocycles. The van der Waals surface area contributed by atoms with Gasteiger partial charge in [0.1, 0.15) is 0 Å². The topological polar surface area (TPSA) is 65.5 Å². The van der Waals surface area contributed by atoms with E-state index in [2.05, 4.69) is 27.7 Å². The molecular weight excluding hydrogens is 447 g/mol. The lowest BCUT2D eigenvalue weighted by Gasteiger charge is -2.56. The summed E-state index contributed by atoms with van der Waals surface area (Å²) in [6.45, 7) is 2.06. The molecule has 0 heterocycles. The molecule has 0 aromatic heterocycles. The summed E-state index contributed by atoms with van der Waals surface area (Å²) in [5.74, 6) is 2.54. The maximum absolute atomic E-state index is 12.1. The number of benzene rings is 1. The highest BCUT2D eigenvalue weighted by atomic mass is 35.5. The van der Waals surface area contributed by atoms with Crippen molar-refractivity contribution >= 4 is 63.3 Å². The number of thiocarbonyl (C=S) groups is 1. The molecule has 0 aliphatic heterocycles. The minimum atomic E-state index is -0.424. The van der Waals surface area contributed by atoms with Gasteiger partial charge in [-0.2, -0.15) is 9.93 Å². The first-order valence-electron chi connectivity index (χ1n) is 9.86. The first-order valence-corrected chi connectivity index (χ1v) is 11.8. The molecule has 4 bridgehead atoms. The zero-order chi connectivity index (χ0) is 20.6. The Morgan fingerprint density at radius 2 is 1.79 bits per heavy atom. The van der Waals surface area contributed by atoms with Crippen molar-refractivity contribution in [1.82, 2.24) is 15.7 Å². The summed E-state index contributed by atoms with van der Waals surface area (Å²) >= 11 is 18.5. The molecule has 156 valence electrons. The molecule has 1 aromatic carbocycles. The van der Waals surface area contributed by atoms with Crippen LogP contribution in [0.25, 0.3) is 0 Å². The van der Waals surface area contributed by atoms with E-state index in [4.69, 9.17) is 35.4 Å². The predicted octanol–water partition coefficient (Wildman–Crippen LogP) is 5.71. The highest BCUT2D eigenvalue weighted by Crippen LogP contribution is 2.60. The number of hydrogen-bond acceptors (Lipinski definition) is 5. The maximum Gasteiger partial charge on any atom is 0.350 e. The first kappa shape index (κ1) is 21.4. The first-order chi connectivity index (χ1) is 13.8. The fourth-order valence-electron chi connectivity index (χ4n) is 5.66. The molecule has 5 rings (SSSR count). The Morgan fingerprint density at radius 1 is 1.17 bits per heavy atom. The molecule has 0 unspecified atom stereocenters. The van der Waals surface area contributed by atoms with Gasteiger partial charge in [0, 0.05) is 21.7 Å². The van der Waals surface area contributed by atoms with Crippen LogP contribution < -0.4 is 15.7 Å². The van der Waals surface area contributed by atoms with Crippen molar-refractivity contribution in [3.63, 3.8) is 0 Å². The van der Waals surface area contributed by atoms with Gasteiger partial charge in [0.15, 0.2) is 0 Å². The van der Waals surface area contributed by atoms with Gasteiger partial charge in [-0.25, -0.2) is 10.2 Å². The van der Waals surface area contributed by atoms with Crippen molar-refractivity contribution in [2.75, 3.05) is 0 Å². The molecule has 29 heavy (non-hydrogen) atoms. The van der Waals surface area contributed by atoms with Crippen molar-refractivity contribution in [3.8, 4) is 0 Å². The Hall–Kier alpha value is -0.860. The Bertz CT molecular complexity index is 826. The van der Waals surface area contributed by atoms with Crippen LogP contribution in [0.5, 0.6) is 0 Å². The average Bonchev–Trinajstić information content (AvgIpc) is 2.64. The van der Waals surface area contributed by atoms with Gasteiger partial charge in [0.25, 0.3) is 0 Å². The average molecular weight is 471 g/mol. The number of hydrazone groups is 1. The Kier molecular flexibility index (Phi) is 6.42. The van der Waals surface area contributed by atoms with Crippen LogP contribution in [-0.2, 0) is 0 Å². The van der Waals surface area contributed by atoms with E-state index in [0.29, 0.717) is 19.8 Å². The lowest BCUT2D eigenvalue weighted by molar-refractivity contribution is -0.0128. The van der Waals surface area contributed by atoms with Crippen molar-refractivity contribution in [1.29, 1.82) is 0 Å². The van der Waals surface area contributed by atoms with E-state index in [1.54, 1.807) is 18.2 Å². The van der Waals surface area contributed by atoms with Gasteiger partial charge in [0.05, 0.1) is 9.22 Å². The number of amides is 2. The van der Waals surface area contributed by atoms with Crippen LogP contribution in [-0.4, -0.2) is 15.9 Å². The molecule has 0 saturated heterocycles. The summed E-state index contributed by atoms with van der Waals surface area (Å²) in [4.78, 5) is 14.8. The molecule has 3 N–H and O–H groups in total. The number of rotatable bonds is 5. The van der Waals surface area contributed by atoms with Crippen molar-refractivity contribution in [3.05, 3.63) is 33.8 Å². The van der Waals surface area contributed by atoms with Gasteiger partial charge in [-0.05, 0) is 93.3 Å². The Morgan fingerprint density at radius 3 is 2.38 bits per heavy atom. The number of carbonyl (C=O) groups excluding carboxylic acids is 1. The predicted molar refractivity (Wildman–Crippen MR) is 124 cm³/mol. The number of nitrogens with zero attached hydrogens (tertiary/aromatic N) is 1. The van der Waals surface area contributed by atoms with Crippen LogP contribution in [0, 0.1) is 23.2 Å². The summed E-state index contributed by atoms with van der Waals surface area (Å²) in [5.41, 5.74) is 7.09. The van der Waals surface area contributed by atoms with Crippen LogP contribution in [0.2, 0.25) is 10.0 Å². The summed E-state index contributed by atoms with van der Waals surface area (Å²) in [6, 6.07) is 4.68. The summed E-state index contributed by atoms with van der Waals surface area (Å²) in [6.07, 6.45) is 7.84. The molecule has 4 saturated carbocycles. The number of hydrogen-bond donors (Lipinski definition) is 3. The van der Waals surface area contributed by atoms with E-state index >= 15 is 0 Å². The van der Waals surface area contributed by atoms with Crippen LogP contribution in [0.4, 0.5) is 4.79 Å². The smallest absolute Gasteiger partial charge is 0.262 e. The van der Waals surface area contributed by atoms with Crippen LogP contribution in [0.1, 0.15) is 51.0 Å². The molecule has 2 amide bonds. The van der Waals surface area contributed by atoms with Crippen LogP contribution >= 0.6 is 47.4 Å².